The van der Waals surface area contributed by atoms with Crippen molar-refractivity contribution < 1.29 is 23.9 Å². The summed E-state index contributed by atoms with van der Waals surface area (Å²) in [4.78, 5) is 37.6. The Morgan fingerprint density at radius 1 is 1.33 bits per heavy atom. The van der Waals surface area contributed by atoms with E-state index in [2.05, 4.69) is 15.9 Å². The molecular formula is C19H22BrNO5S. The number of carbonyl (C=O) groups is 3. The maximum Gasteiger partial charge on any atom is 0.326 e. The molecule has 2 amide bonds. The van der Waals surface area contributed by atoms with Crippen molar-refractivity contribution in [1.82, 2.24) is 4.90 Å². The van der Waals surface area contributed by atoms with Gasteiger partial charge in [-0.3, -0.25) is 19.3 Å². The van der Waals surface area contributed by atoms with Gasteiger partial charge in [0, 0.05) is 0 Å². The van der Waals surface area contributed by atoms with Crippen molar-refractivity contribution in [3.8, 4) is 5.75 Å². The van der Waals surface area contributed by atoms with Gasteiger partial charge in [-0.1, -0.05) is 19.9 Å². The maximum atomic E-state index is 12.5. The van der Waals surface area contributed by atoms with Gasteiger partial charge in [0.25, 0.3) is 11.1 Å². The van der Waals surface area contributed by atoms with Crippen LogP contribution in [0.3, 0.4) is 0 Å². The van der Waals surface area contributed by atoms with Crippen LogP contribution < -0.4 is 4.74 Å². The molecule has 1 aliphatic heterocycles. The summed E-state index contributed by atoms with van der Waals surface area (Å²) in [7, 11) is 0. The van der Waals surface area contributed by atoms with Gasteiger partial charge in [-0.25, -0.2) is 0 Å². The van der Waals surface area contributed by atoms with Gasteiger partial charge in [0.1, 0.15) is 12.3 Å². The van der Waals surface area contributed by atoms with E-state index in [4.69, 9.17) is 9.47 Å². The van der Waals surface area contributed by atoms with Crippen molar-refractivity contribution in [2.75, 3.05) is 13.2 Å². The largest absolute Gasteiger partial charge is 0.492 e. The lowest BCUT2D eigenvalue weighted by atomic mass is 10.2. The minimum absolute atomic E-state index is 0.251. The Bertz CT molecular complexity index is 764. The van der Waals surface area contributed by atoms with Crippen molar-refractivity contribution in [3.63, 3.8) is 0 Å². The van der Waals surface area contributed by atoms with Gasteiger partial charge in [0.05, 0.1) is 22.1 Å². The molecule has 6 nitrogen and oxygen atoms in total. The highest BCUT2D eigenvalue weighted by Gasteiger charge is 2.36. The van der Waals surface area contributed by atoms with E-state index in [0.717, 1.165) is 38.9 Å². The number of hydrogen-bond donors (Lipinski definition) is 0. The van der Waals surface area contributed by atoms with Crippen LogP contribution in [0.1, 0.15) is 39.2 Å². The Kier molecular flexibility index (Phi) is 7.91. The third-order valence-corrected chi connectivity index (χ3v) is 5.31. The summed E-state index contributed by atoms with van der Waals surface area (Å²) in [5.74, 6) is -0.364. The second-order valence-corrected chi connectivity index (χ2v) is 7.86. The van der Waals surface area contributed by atoms with Crippen molar-refractivity contribution in [3.05, 3.63) is 33.1 Å². The third kappa shape index (κ3) is 5.84. The number of rotatable bonds is 8. The van der Waals surface area contributed by atoms with E-state index in [-0.39, 0.29) is 17.6 Å². The fourth-order valence-corrected chi connectivity index (χ4v) is 3.55. The SMILES string of the molecule is CCCOc1ccc(/C=C2\SC(=O)N(CC(=O)O[C@@H](C)CC)C2=O)cc1Br. The average Bonchev–Trinajstić information content (AvgIpc) is 2.88. The second kappa shape index (κ2) is 9.94. The molecule has 1 atom stereocenters. The molecule has 0 N–H and O–H groups in total. The molecule has 0 bridgehead atoms. The van der Waals surface area contributed by atoms with Crippen molar-refractivity contribution in [2.24, 2.45) is 0 Å². The Morgan fingerprint density at radius 2 is 2.07 bits per heavy atom. The molecule has 8 heteroatoms. The monoisotopic (exact) mass is 455 g/mol. The molecule has 27 heavy (non-hydrogen) atoms. The summed E-state index contributed by atoms with van der Waals surface area (Å²) in [6, 6.07) is 5.43. The molecule has 0 spiro atoms. The highest BCUT2D eigenvalue weighted by atomic mass is 79.9. The van der Waals surface area contributed by atoms with Crippen LogP contribution in [0.15, 0.2) is 27.6 Å². The molecule has 0 radical (unpaired) electrons. The molecule has 0 unspecified atom stereocenters. The summed E-state index contributed by atoms with van der Waals surface area (Å²) < 4.78 is 11.5. The predicted molar refractivity (Wildman–Crippen MR) is 108 cm³/mol. The molecule has 1 heterocycles. The fraction of sp³-hybridized carbons (Fsp3) is 0.421. The Hall–Kier alpha value is -1.80. The summed E-state index contributed by atoms with van der Waals surface area (Å²) in [6.07, 6.45) is 2.94. The normalized spacial score (nSPS) is 16.7. The number of imide groups is 1. The molecule has 1 fully saturated rings. The number of hydrogen-bond acceptors (Lipinski definition) is 6. The standard InChI is InChI=1S/C19H22BrNO5S/c1-4-8-25-15-7-6-13(9-14(15)20)10-16-18(23)21(19(24)27-16)11-17(22)26-12(3)5-2/h6-7,9-10,12H,4-5,8,11H2,1-3H3/b16-10-/t12-/m0/s1. The van der Waals surface area contributed by atoms with Gasteiger partial charge in [0.2, 0.25) is 0 Å². The fourth-order valence-electron chi connectivity index (χ4n) is 2.20. The highest BCUT2D eigenvalue weighted by Crippen LogP contribution is 2.33. The predicted octanol–water partition coefficient (Wildman–Crippen LogP) is 4.62. The van der Waals surface area contributed by atoms with Gasteiger partial charge in [-0.05, 0) is 71.2 Å². The first-order valence-corrected chi connectivity index (χ1v) is 10.3. The number of carbonyl (C=O) groups excluding carboxylic acids is 3. The van der Waals surface area contributed by atoms with Crippen LogP contribution in [0.4, 0.5) is 4.79 Å². The molecule has 1 aliphatic rings. The maximum absolute atomic E-state index is 12.5. The summed E-state index contributed by atoms with van der Waals surface area (Å²) in [6.45, 7) is 5.91. The smallest absolute Gasteiger partial charge is 0.326 e. The highest BCUT2D eigenvalue weighted by molar-refractivity contribution is 9.10. The van der Waals surface area contributed by atoms with E-state index in [1.165, 1.54) is 0 Å². The van der Waals surface area contributed by atoms with Gasteiger partial charge in [0.15, 0.2) is 0 Å². The van der Waals surface area contributed by atoms with Crippen LogP contribution >= 0.6 is 27.7 Å². The quantitative estimate of drug-likeness (QED) is 0.420. The van der Waals surface area contributed by atoms with Crippen LogP contribution in [-0.2, 0) is 14.3 Å². The summed E-state index contributed by atoms with van der Waals surface area (Å²) in [5.41, 5.74) is 0.749. The first kappa shape index (κ1) is 21.5. The summed E-state index contributed by atoms with van der Waals surface area (Å²) >= 11 is 4.25. The van der Waals surface area contributed by atoms with E-state index < -0.39 is 17.1 Å². The number of amides is 2. The van der Waals surface area contributed by atoms with Crippen molar-refractivity contribution >= 4 is 50.9 Å². The van der Waals surface area contributed by atoms with E-state index in [9.17, 15) is 14.4 Å². The number of ether oxygens (including phenoxy) is 2. The Labute approximate surface area is 171 Å². The molecule has 0 aromatic heterocycles. The van der Waals surface area contributed by atoms with E-state index in [1.807, 2.05) is 19.9 Å². The molecule has 146 valence electrons. The minimum Gasteiger partial charge on any atom is -0.492 e. The Morgan fingerprint density at radius 3 is 2.70 bits per heavy atom. The topological polar surface area (TPSA) is 72.9 Å². The summed E-state index contributed by atoms with van der Waals surface area (Å²) in [5, 5.41) is -0.477. The van der Waals surface area contributed by atoms with Crippen LogP contribution in [0.2, 0.25) is 0 Å². The molecule has 1 aromatic rings. The van der Waals surface area contributed by atoms with Crippen LogP contribution in [-0.4, -0.2) is 41.3 Å². The van der Waals surface area contributed by atoms with Gasteiger partial charge in [-0.2, -0.15) is 0 Å². The lowest BCUT2D eigenvalue weighted by molar-refractivity contribution is -0.150. The number of halogens is 1. The first-order valence-electron chi connectivity index (χ1n) is 8.72. The van der Waals surface area contributed by atoms with Gasteiger partial charge in [-0.15, -0.1) is 0 Å². The lowest BCUT2D eigenvalue weighted by Crippen LogP contribution is -2.35. The zero-order chi connectivity index (χ0) is 20.0. The zero-order valence-electron chi connectivity index (χ0n) is 15.5. The molecule has 0 aliphatic carbocycles. The minimum atomic E-state index is -0.590. The second-order valence-electron chi connectivity index (χ2n) is 6.01. The third-order valence-electron chi connectivity index (χ3n) is 3.78. The molecule has 0 saturated carbocycles. The van der Waals surface area contributed by atoms with Crippen LogP contribution in [0.5, 0.6) is 5.75 Å². The molecule has 1 aromatic carbocycles. The van der Waals surface area contributed by atoms with E-state index >= 15 is 0 Å². The van der Waals surface area contributed by atoms with Crippen molar-refractivity contribution in [2.45, 2.75) is 39.7 Å². The number of benzene rings is 1. The van der Waals surface area contributed by atoms with E-state index in [0.29, 0.717) is 13.0 Å². The Balaban J connectivity index is 2.09. The zero-order valence-corrected chi connectivity index (χ0v) is 17.9. The van der Waals surface area contributed by atoms with E-state index in [1.54, 1.807) is 25.1 Å². The average molecular weight is 456 g/mol. The number of thioether (sulfide) groups is 1. The van der Waals surface area contributed by atoms with Crippen LogP contribution in [0, 0.1) is 0 Å². The molecule has 1 saturated heterocycles. The number of esters is 1. The number of nitrogens with zero attached hydrogens (tertiary/aromatic N) is 1. The lowest BCUT2D eigenvalue weighted by Gasteiger charge is -2.14. The van der Waals surface area contributed by atoms with Gasteiger partial charge >= 0.3 is 5.97 Å². The molecular weight excluding hydrogens is 434 g/mol. The first-order chi connectivity index (χ1) is 12.8. The van der Waals surface area contributed by atoms with Crippen molar-refractivity contribution in [1.29, 1.82) is 0 Å². The van der Waals surface area contributed by atoms with Gasteiger partial charge < -0.3 is 9.47 Å². The van der Waals surface area contributed by atoms with Crippen LogP contribution in [0.25, 0.3) is 6.08 Å². The molecule has 2 rings (SSSR count).